The number of hydrogen-bond acceptors (Lipinski definition) is 3. The van der Waals surface area contributed by atoms with Gasteiger partial charge in [-0.25, -0.2) is 4.79 Å². The molecule has 4 nitrogen and oxygen atoms in total. The van der Waals surface area contributed by atoms with E-state index in [2.05, 4.69) is 21.2 Å². The second-order valence-corrected chi connectivity index (χ2v) is 5.37. The number of anilines is 1. The van der Waals surface area contributed by atoms with Crippen molar-refractivity contribution in [3.8, 4) is 5.75 Å². The zero-order valence-electron chi connectivity index (χ0n) is 11.6. The van der Waals surface area contributed by atoms with E-state index < -0.39 is 5.97 Å². The van der Waals surface area contributed by atoms with E-state index >= 15 is 0 Å². The molecule has 21 heavy (non-hydrogen) atoms. The van der Waals surface area contributed by atoms with Crippen LogP contribution < -0.4 is 10.1 Å². The average Bonchev–Trinajstić information content (AvgIpc) is 2.48. The van der Waals surface area contributed by atoms with Gasteiger partial charge in [-0.3, -0.25) is 0 Å². The normalized spacial score (nSPS) is 10.2. The highest BCUT2D eigenvalue weighted by molar-refractivity contribution is 9.10. The molecule has 0 bridgehead atoms. The van der Waals surface area contributed by atoms with Crippen molar-refractivity contribution in [2.24, 2.45) is 0 Å². The molecular formula is C16H16BrNO3. The van der Waals surface area contributed by atoms with E-state index in [4.69, 9.17) is 9.84 Å². The van der Waals surface area contributed by atoms with Crippen LogP contribution >= 0.6 is 15.9 Å². The summed E-state index contributed by atoms with van der Waals surface area (Å²) in [7, 11) is 0. The van der Waals surface area contributed by atoms with Crippen molar-refractivity contribution in [3.63, 3.8) is 0 Å². The molecule has 2 rings (SSSR count). The largest absolute Gasteiger partial charge is 0.492 e. The summed E-state index contributed by atoms with van der Waals surface area (Å²) >= 11 is 3.49. The lowest BCUT2D eigenvalue weighted by Gasteiger charge is -2.11. The van der Waals surface area contributed by atoms with Gasteiger partial charge in [0.15, 0.2) is 0 Å². The molecule has 2 aromatic carbocycles. The van der Waals surface area contributed by atoms with Gasteiger partial charge >= 0.3 is 5.97 Å². The summed E-state index contributed by atoms with van der Waals surface area (Å²) in [5, 5.41) is 12.1. The van der Waals surface area contributed by atoms with Crippen LogP contribution in [0.2, 0.25) is 0 Å². The number of aromatic carboxylic acids is 1. The Morgan fingerprint density at radius 2 is 1.95 bits per heavy atom. The Morgan fingerprint density at radius 3 is 2.62 bits per heavy atom. The van der Waals surface area contributed by atoms with Gasteiger partial charge in [0, 0.05) is 16.7 Å². The third kappa shape index (κ3) is 4.23. The number of benzene rings is 2. The van der Waals surface area contributed by atoms with Crippen molar-refractivity contribution in [1.82, 2.24) is 0 Å². The van der Waals surface area contributed by atoms with Crippen molar-refractivity contribution in [2.75, 3.05) is 18.5 Å². The summed E-state index contributed by atoms with van der Waals surface area (Å²) in [6.07, 6.45) is 0. The van der Waals surface area contributed by atoms with Crippen LogP contribution in [0.15, 0.2) is 46.9 Å². The van der Waals surface area contributed by atoms with Crippen molar-refractivity contribution in [1.29, 1.82) is 0 Å². The number of nitrogens with one attached hydrogen (secondary N) is 1. The average molecular weight is 350 g/mol. The molecule has 0 fully saturated rings. The van der Waals surface area contributed by atoms with Gasteiger partial charge in [-0.1, -0.05) is 22.0 Å². The summed E-state index contributed by atoms with van der Waals surface area (Å²) in [6.45, 7) is 3.20. The molecule has 0 unspecified atom stereocenters. The van der Waals surface area contributed by atoms with Gasteiger partial charge in [-0.2, -0.15) is 0 Å². The van der Waals surface area contributed by atoms with Crippen LogP contribution in [-0.4, -0.2) is 24.2 Å². The third-order valence-corrected chi connectivity index (χ3v) is 3.91. The molecule has 0 atom stereocenters. The molecule has 5 heteroatoms. The van der Waals surface area contributed by atoms with Crippen molar-refractivity contribution in [2.45, 2.75) is 6.92 Å². The van der Waals surface area contributed by atoms with Crippen LogP contribution in [-0.2, 0) is 0 Å². The number of carboxylic acids is 1. The standard InChI is InChI=1S/C16H16BrNO3/c1-11-14(17)3-2-4-15(11)18-9-10-21-13-7-5-12(6-8-13)16(19)20/h2-8,18H,9-10H2,1H3,(H,19,20). The van der Waals surface area contributed by atoms with Gasteiger partial charge in [-0.15, -0.1) is 0 Å². The van der Waals surface area contributed by atoms with Crippen LogP contribution in [0.25, 0.3) is 0 Å². The molecule has 0 aromatic heterocycles. The van der Waals surface area contributed by atoms with Gasteiger partial charge in [0.05, 0.1) is 5.56 Å². The molecule has 0 heterocycles. The Bertz CT molecular complexity index is 626. The number of ether oxygens (including phenoxy) is 1. The van der Waals surface area contributed by atoms with E-state index in [1.807, 2.05) is 25.1 Å². The predicted octanol–water partition coefficient (Wildman–Crippen LogP) is 3.95. The fourth-order valence-corrected chi connectivity index (χ4v) is 2.21. The fourth-order valence-electron chi connectivity index (χ4n) is 1.85. The van der Waals surface area contributed by atoms with Gasteiger partial charge in [0.25, 0.3) is 0 Å². The molecule has 2 N–H and O–H groups in total. The highest BCUT2D eigenvalue weighted by atomic mass is 79.9. The van der Waals surface area contributed by atoms with E-state index in [-0.39, 0.29) is 5.56 Å². The van der Waals surface area contributed by atoms with Crippen LogP contribution in [0.5, 0.6) is 5.75 Å². The minimum atomic E-state index is -0.937. The van der Waals surface area contributed by atoms with Crippen LogP contribution in [0.4, 0.5) is 5.69 Å². The first kappa shape index (κ1) is 15.4. The first-order chi connectivity index (χ1) is 10.1. The summed E-state index contributed by atoms with van der Waals surface area (Å²) in [6, 6.07) is 12.4. The number of rotatable bonds is 6. The molecule has 2 aromatic rings. The lowest BCUT2D eigenvalue weighted by Crippen LogP contribution is -2.12. The monoisotopic (exact) mass is 349 g/mol. The SMILES string of the molecule is Cc1c(Br)cccc1NCCOc1ccc(C(=O)O)cc1. The number of carboxylic acid groups (broad SMARTS) is 1. The molecule has 0 aliphatic rings. The zero-order chi connectivity index (χ0) is 15.2. The second-order valence-electron chi connectivity index (χ2n) is 4.52. The van der Waals surface area contributed by atoms with Crippen molar-refractivity contribution in [3.05, 3.63) is 58.1 Å². The molecule has 110 valence electrons. The molecule has 0 spiro atoms. The highest BCUT2D eigenvalue weighted by Crippen LogP contribution is 2.23. The third-order valence-electron chi connectivity index (χ3n) is 3.06. The quantitative estimate of drug-likeness (QED) is 0.775. The fraction of sp³-hybridized carbons (Fsp3) is 0.188. The molecule has 0 aliphatic heterocycles. The number of carbonyl (C=O) groups is 1. The van der Waals surface area contributed by atoms with E-state index in [0.717, 1.165) is 15.7 Å². The van der Waals surface area contributed by atoms with E-state index in [1.54, 1.807) is 12.1 Å². The Balaban J connectivity index is 1.82. The van der Waals surface area contributed by atoms with Crippen LogP contribution in [0.3, 0.4) is 0 Å². The molecule has 0 aliphatic carbocycles. The topological polar surface area (TPSA) is 58.6 Å². The Labute approximate surface area is 131 Å². The minimum absolute atomic E-state index is 0.255. The molecule has 0 saturated heterocycles. The van der Waals surface area contributed by atoms with E-state index in [9.17, 15) is 4.79 Å². The van der Waals surface area contributed by atoms with Gasteiger partial charge in [-0.05, 0) is 48.9 Å². The first-order valence-corrected chi connectivity index (χ1v) is 7.32. The number of hydrogen-bond donors (Lipinski definition) is 2. The van der Waals surface area contributed by atoms with E-state index in [1.165, 1.54) is 12.1 Å². The maximum Gasteiger partial charge on any atom is 0.335 e. The highest BCUT2D eigenvalue weighted by Gasteiger charge is 2.03. The number of halogens is 1. The van der Waals surface area contributed by atoms with E-state index in [0.29, 0.717) is 18.9 Å². The molecule has 0 saturated carbocycles. The Morgan fingerprint density at radius 1 is 1.24 bits per heavy atom. The Hall–Kier alpha value is -2.01. The van der Waals surface area contributed by atoms with Crippen molar-refractivity contribution < 1.29 is 14.6 Å². The van der Waals surface area contributed by atoms with Gasteiger partial charge < -0.3 is 15.2 Å². The van der Waals surface area contributed by atoms with Crippen LogP contribution in [0, 0.1) is 6.92 Å². The summed E-state index contributed by atoms with van der Waals surface area (Å²) < 4.78 is 6.63. The second kappa shape index (κ2) is 7.13. The molecular weight excluding hydrogens is 334 g/mol. The molecule has 0 radical (unpaired) electrons. The lowest BCUT2D eigenvalue weighted by atomic mass is 10.2. The first-order valence-electron chi connectivity index (χ1n) is 6.53. The van der Waals surface area contributed by atoms with Crippen LogP contribution in [0.1, 0.15) is 15.9 Å². The summed E-state index contributed by atoms with van der Waals surface area (Å²) in [5.41, 5.74) is 2.47. The zero-order valence-corrected chi connectivity index (χ0v) is 13.2. The minimum Gasteiger partial charge on any atom is -0.492 e. The van der Waals surface area contributed by atoms with Gasteiger partial charge in [0.1, 0.15) is 12.4 Å². The maximum atomic E-state index is 10.7. The lowest BCUT2D eigenvalue weighted by molar-refractivity contribution is 0.0697. The Kier molecular flexibility index (Phi) is 5.22. The summed E-state index contributed by atoms with van der Waals surface area (Å²) in [4.78, 5) is 10.7. The summed E-state index contributed by atoms with van der Waals surface area (Å²) in [5.74, 6) is -0.277. The molecule has 0 amide bonds. The predicted molar refractivity (Wildman–Crippen MR) is 86.3 cm³/mol. The van der Waals surface area contributed by atoms with Gasteiger partial charge in [0.2, 0.25) is 0 Å². The van der Waals surface area contributed by atoms with Crippen molar-refractivity contribution >= 4 is 27.6 Å². The smallest absolute Gasteiger partial charge is 0.335 e. The maximum absolute atomic E-state index is 10.7.